The van der Waals surface area contributed by atoms with E-state index in [2.05, 4.69) is 32.8 Å². The molecule has 0 bridgehead atoms. The second-order valence-corrected chi connectivity index (χ2v) is 10.2. The summed E-state index contributed by atoms with van der Waals surface area (Å²) in [6.45, 7) is 6.99. The molecule has 0 aliphatic carbocycles. The number of aryl methyl sites for hydroxylation is 1. The number of anilines is 1. The Bertz CT molecular complexity index is 1590. The molecule has 0 saturated carbocycles. The fraction of sp³-hybridized carbons (Fsp3) is 0.321. The van der Waals surface area contributed by atoms with Gasteiger partial charge in [-0.1, -0.05) is 0 Å². The maximum Gasteiger partial charge on any atom is 0.158 e. The lowest BCUT2D eigenvalue weighted by Gasteiger charge is -2.22. The van der Waals surface area contributed by atoms with Crippen molar-refractivity contribution in [2.75, 3.05) is 44.2 Å². The van der Waals surface area contributed by atoms with E-state index in [1.54, 1.807) is 18.3 Å². The van der Waals surface area contributed by atoms with Crippen LogP contribution in [0.25, 0.3) is 39.2 Å². The molecule has 5 aromatic rings. The summed E-state index contributed by atoms with van der Waals surface area (Å²) in [5, 5.41) is 15.5. The predicted molar refractivity (Wildman–Crippen MR) is 141 cm³/mol. The van der Waals surface area contributed by atoms with Gasteiger partial charge in [0.2, 0.25) is 0 Å². The molecule has 2 aliphatic rings. The van der Waals surface area contributed by atoms with Gasteiger partial charge in [-0.2, -0.15) is 0 Å². The van der Waals surface area contributed by atoms with Gasteiger partial charge in [-0.05, 0) is 66.8 Å². The van der Waals surface area contributed by atoms with Crippen molar-refractivity contribution in [3.05, 3.63) is 66.2 Å². The van der Waals surface area contributed by atoms with Crippen LogP contribution in [-0.2, 0) is 0 Å². The molecule has 0 spiro atoms. The first-order valence-electron chi connectivity index (χ1n) is 12.8. The molecular weight excluding hydrogens is 469 g/mol. The van der Waals surface area contributed by atoms with Gasteiger partial charge in [0.05, 0.1) is 12.3 Å². The number of likely N-dealkylation sites (tertiary alicyclic amines) is 1. The Balaban J connectivity index is 1.37. The molecule has 2 fully saturated rings. The highest BCUT2D eigenvalue weighted by Crippen LogP contribution is 2.38. The van der Waals surface area contributed by atoms with Crippen molar-refractivity contribution in [2.45, 2.75) is 6.92 Å². The number of pyridine rings is 1. The molecule has 2 N–H and O–H groups in total. The van der Waals surface area contributed by atoms with Gasteiger partial charge in [-0.25, -0.2) is 18.9 Å². The van der Waals surface area contributed by atoms with Crippen LogP contribution < -0.4 is 4.90 Å². The molecule has 2 atom stereocenters. The molecule has 1 aromatic carbocycles. The molecule has 37 heavy (non-hydrogen) atoms. The third-order valence-electron chi connectivity index (χ3n) is 7.89. The van der Waals surface area contributed by atoms with Gasteiger partial charge in [-0.15, -0.1) is 5.10 Å². The minimum absolute atomic E-state index is 0.212. The molecule has 2 saturated heterocycles. The standard InChI is InChI=1S/C28H28FN7O/c1-17-12-24(35-15-19-13-34(10-11-37)14-20(19)16-35)33-36-26(22-6-8-30-27-23(22)7-9-31-27)25(32-28(17)36)18-2-4-21(29)5-3-18/h2-9,12,19-20,37H,10-11,13-16H2,1H3,(H,30,31). The third-order valence-corrected chi connectivity index (χ3v) is 7.89. The van der Waals surface area contributed by atoms with E-state index in [4.69, 9.17) is 10.1 Å². The first-order valence-corrected chi connectivity index (χ1v) is 12.8. The Morgan fingerprint density at radius 3 is 2.59 bits per heavy atom. The van der Waals surface area contributed by atoms with E-state index in [-0.39, 0.29) is 12.4 Å². The van der Waals surface area contributed by atoms with Crippen LogP contribution in [0.1, 0.15) is 5.56 Å². The molecule has 0 amide bonds. The van der Waals surface area contributed by atoms with Crippen molar-refractivity contribution in [2.24, 2.45) is 11.8 Å². The number of nitrogens with one attached hydrogen (secondary N) is 1. The molecule has 9 heteroatoms. The quantitative estimate of drug-likeness (QED) is 0.385. The molecular formula is C28H28FN7O. The van der Waals surface area contributed by atoms with Gasteiger partial charge in [0.25, 0.3) is 0 Å². The number of halogens is 1. The summed E-state index contributed by atoms with van der Waals surface area (Å²) in [6.07, 6.45) is 3.67. The number of benzene rings is 1. The number of aliphatic hydroxyl groups excluding tert-OH is 1. The number of nitrogens with zero attached hydrogens (tertiary/aromatic N) is 6. The summed E-state index contributed by atoms with van der Waals surface area (Å²) in [6, 6.07) is 12.6. The number of aromatic amines is 1. The topological polar surface area (TPSA) is 85.6 Å². The molecule has 4 aromatic heterocycles. The Hall–Kier alpha value is -3.82. The fourth-order valence-corrected chi connectivity index (χ4v) is 6.13. The maximum absolute atomic E-state index is 13.8. The SMILES string of the molecule is Cc1cc(N2CC3CN(CCO)CC3C2)nn2c(-c3ccnc4[nH]ccc34)c(-c3ccc(F)cc3)nc12. The molecule has 188 valence electrons. The van der Waals surface area contributed by atoms with E-state index in [9.17, 15) is 9.50 Å². The number of H-pyrrole nitrogens is 1. The second kappa shape index (κ2) is 8.64. The van der Waals surface area contributed by atoms with Crippen LogP contribution >= 0.6 is 0 Å². The molecule has 7 rings (SSSR count). The molecule has 0 radical (unpaired) electrons. The summed E-state index contributed by atoms with van der Waals surface area (Å²) < 4.78 is 15.7. The zero-order valence-electron chi connectivity index (χ0n) is 20.6. The van der Waals surface area contributed by atoms with E-state index in [0.717, 1.165) is 83.3 Å². The maximum atomic E-state index is 13.8. The average Bonchev–Trinajstić information content (AvgIpc) is 3.66. The number of fused-ring (bicyclic) bond motifs is 3. The van der Waals surface area contributed by atoms with E-state index in [1.807, 2.05) is 22.8 Å². The van der Waals surface area contributed by atoms with Crippen molar-refractivity contribution in [3.63, 3.8) is 0 Å². The van der Waals surface area contributed by atoms with Crippen molar-refractivity contribution in [1.29, 1.82) is 0 Å². The normalized spacial score (nSPS) is 19.9. The zero-order chi connectivity index (χ0) is 25.1. The van der Waals surface area contributed by atoms with Crippen LogP contribution in [0.5, 0.6) is 0 Å². The Labute approximate surface area is 213 Å². The van der Waals surface area contributed by atoms with Crippen LogP contribution in [0, 0.1) is 24.6 Å². The summed E-state index contributed by atoms with van der Waals surface area (Å²) in [7, 11) is 0. The van der Waals surface area contributed by atoms with Crippen LogP contribution in [0.3, 0.4) is 0 Å². The number of imidazole rings is 1. The summed E-state index contributed by atoms with van der Waals surface area (Å²) in [4.78, 5) is 17.5. The number of β-amino-alcohol motifs (C(OH)–C–C–N with tert-alkyl or cyclic N) is 1. The van der Waals surface area contributed by atoms with Crippen molar-refractivity contribution >= 4 is 22.5 Å². The van der Waals surface area contributed by atoms with Crippen molar-refractivity contribution < 1.29 is 9.50 Å². The molecule has 2 aliphatic heterocycles. The molecule has 8 nitrogen and oxygen atoms in total. The Morgan fingerprint density at radius 2 is 1.84 bits per heavy atom. The fourth-order valence-electron chi connectivity index (χ4n) is 6.13. The van der Waals surface area contributed by atoms with Gasteiger partial charge in [-0.3, -0.25) is 0 Å². The summed E-state index contributed by atoms with van der Waals surface area (Å²) >= 11 is 0. The Morgan fingerprint density at radius 1 is 1.05 bits per heavy atom. The minimum atomic E-state index is -0.278. The highest BCUT2D eigenvalue weighted by Gasteiger charge is 2.40. The van der Waals surface area contributed by atoms with Crippen molar-refractivity contribution in [1.82, 2.24) is 29.5 Å². The van der Waals surface area contributed by atoms with Crippen LogP contribution in [0.15, 0.2) is 54.9 Å². The zero-order valence-corrected chi connectivity index (χ0v) is 20.6. The van der Waals surface area contributed by atoms with Gasteiger partial charge >= 0.3 is 0 Å². The van der Waals surface area contributed by atoms with E-state index in [0.29, 0.717) is 11.8 Å². The summed E-state index contributed by atoms with van der Waals surface area (Å²) in [5.41, 5.74) is 6.06. The van der Waals surface area contributed by atoms with Crippen LogP contribution in [0.4, 0.5) is 10.2 Å². The first kappa shape index (κ1) is 22.4. The van der Waals surface area contributed by atoms with Gasteiger partial charge in [0.1, 0.15) is 23.0 Å². The minimum Gasteiger partial charge on any atom is -0.395 e. The first-order chi connectivity index (χ1) is 18.1. The third kappa shape index (κ3) is 3.69. The number of hydrogen-bond acceptors (Lipinski definition) is 6. The molecule has 2 unspecified atom stereocenters. The van der Waals surface area contributed by atoms with E-state index < -0.39 is 0 Å². The average molecular weight is 498 g/mol. The number of aromatic nitrogens is 5. The number of hydrogen-bond donors (Lipinski definition) is 2. The van der Waals surface area contributed by atoms with Gasteiger partial charge < -0.3 is 19.9 Å². The number of aliphatic hydroxyl groups is 1. The highest BCUT2D eigenvalue weighted by molar-refractivity contribution is 5.97. The predicted octanol–water partition coefficient (Wildman–Crippen LogP) is 3.75. The van der Waals surface area contributed by atoms with E-state index >= 15 is 0 Å². The highest BCUT2D eigenvalue weighted by atomic mass is 19.1. The smallest absolute Gasteiger partial charge is 0.158 e. The lowest BCUT2D eigenvalue weighted by molar-refractivity contribution is 0.214. The second-order valence-electron chi connectivity index (χ2n) is 10.2. The van der Waals surface area contributed by atoms with Gasteiger partial charge in [0.15, 0.2) is 5.65 Å². The van der Waals surface area contributed by atoms with Crippen molar-refractivity contribution in [3.8, 4) is 22.5 Å². The van der Waals surface area contributed by atoms with Crippen LogP contribution in [-0.4, -0.2) is 73.9 Å². The lowest BCUT2D eigenvalue weighted by atomic mass is 10.0. The van der Waals surface area contributed by atoms with Crippen LogP contribution in [0.2, 0.25) is 0 Å². The van der Waals surface area contributed by atoms with E-state index in [1.165, 1.54) is 12.1 Å². The largest absolute Gasteiger partial charge is 0.395 e. The molecule has 6 heterocycles. The monoisotopic (exact) mass is 497 g/mol. The van der Waals surface area contributed by atoms with Gasteiger partial charge in [0, 0.05) is 61.6 Å². The lowest BCUT2D eigenvalue weighted by Crippen LogP contribution is -2.31. The summed E-state index contributed by atoms with van der Waals surface area (Å²) in [5.74, 6) is 1.83. The Kier molecular flexibility index (Phi) is 5.23. The number of rotatable bonds is 5.